The summed E-state index contributed by atoms with van der Waals surface area (Å²) < 4.78 is 13.2. The molecule has 0 unspecified atom stereocenters. The molecule has 3 heterocycles. The summed E-state index contributed by atoms with van der Waals surface area (Å²) in [7, 11) is 1.95. The number of furan rings is 1. The average molecular weight is 319 g/mol. The first-order valence-corrected chi connectivity index (χ1v) is 8.16. The molecular formula is C17H25N3O3. The Hall–Kier alpha value is -1.63. The maximum absolute atomic E-state index is 9.11. The molecule has 1 aliphatic rings. The number of aryl methyl sites for hydroxylation is 1. The van der Waals surface area contributed by atoms with E-state index in [0.29, 0.717) is 17.6 Å². The topological polar surface area (TPSA) is 63.7 Å². The minimum atomic E-state index is -0.0503. The van der Waals surface area contributed by atoms with E-state index in [1.807, 2.05) is 37.0 Å². The summed E-state index contributed by atoms with van der Waals surface area (Å²) in [6.45, 7) is 6.21. The Morgan fingerprint density at radius 2 is 2.17 bits per heavy atom. The molecule has 1 fully saturated rings. The Bertz CT molecular complexity index is 622. The molecule has 2 aromatic heterocycles. The number of ether oxygens (including phenoxy) is 1. The van der Waals surface area contributed by atoms with Gasteiger partial charge in [-0.25, -0.2) is 0 Å². The van der Waals surface area contributed by atoms with Crippen LogP contribution in [0.2, 0.25) is 0 Å². The molecule has 0 spiro atoms. The molecule has 2 aromatic rings. The van der Waals surface area contributed by atoms with E-state index >= 15 is 0 Å². The van der Waals surface area contributed by atoms with Gasteiger partial charge >= 0.3 is 0 Å². The molecular weight excluding hydrogens is 294 g/mol. The number of aliphatic hydroxyl groups excluding tert-OH is 1. The summed E-state index contributed by atoms with van der Waals surface area (Å²) in [5, 5.41) is 13.4. The maximum atomic E-state index is 9.11. The SMILES string of the molecule is CCOC[C@@H]1CN(Cc2ccc(CO)o2)C[C@H]1c1cnn(C)c1. The first-order chi connectivity index (χ1) is 11.2. The van der Waals surface area contributed by atoms with Gasteiger partial charge in [0.05, 0.1) is 19.3 Å². The predicted molar refractivity (Wildman–Crippen MR) is 85.8 cm³/mol. The first kappa shape index (κ1) is 16.2. The predicted octanol–water partition coefficient (Wildman–Crippen LogP) is 1.76. The third kappa shape index (κ3) is 3.83. The standard InChI is InChI=1S/C17H25N3O3/c1-3-22-12-14-8-20(9-15-4-5-16(11-21)23-15)10-17(14)13-6-18-19(2)7-13/h4-7,14,17,21H,3,8-12H2,1-2H3/t14-,17-/m0/s1. The molecule has 23 heavy (non-hydrogen) atoms. The van der Waals surface area contributed by atoms with Gasteiger partial charge in [-0.15, -0.1) is 0 Å². The third-order valence-electron chi connectivity index (χ3n) is 4.46. The molecule has 1 saturated heterocycles. The van der Waals surface area contributed by atoms with E-state index in [9.17, 15) is 0 Å². The second-order valence-electron chi connectivity index (χ2n) is 6.19. The number of rotatable bonds is 7. The summed E-state index contributed by atoms with van der Waals surface area (Å²) in [6.07, 6.45) is 4.06. The molecule has 126 valence electrons. The fourth-order valence-electron chi connectivity index (χ4n) is 3.35. The third-order valence-corrected chi connectivity index (χ3v) is 4.46. The first-order valence-electron chi connectivity index (χ1n) is 8.16. The van der Waals surface area contributed by atoms with Crippen LogP contribution in [0.15, 0.2) is 28.9 Å². The van der Waals surface area contributed by atoms with Crippen LogP contribution in [0.4, 0.5) is 0 Å². The van der Waals surface area contributed by atoms with E-state index in [4.69, 9.17) is 14.3 Å². The van der Waals surface area contributed by atoms with Crippen LogP contribution in [0.25, 0.3) is 0 Å². The van der Waals surface area contributed by atoms with Crippen LogP contribution in [0.3, 0.4) is 0 Å². The van der Waals surface area contributed by atoms with Crippen LogP contribution in [-0.2, 0) is 24.9 Å². The normalized spacial score (nSPS) is 22.0. The fraction of sp³-hybridized carbons (Fsp3) is 0.588. The van der Waals surface area contributed by atoms with Crippen molar-refractivity contribution in [3.63, 3.8) is 0 Å². The molecule has 6 heteroatoms. The van der Waals surface area contributed by atoms with E-state index in [2.05, 4.69) is 16.2 Å². The minimum Gasteiger partial charge on any atom is -0.462 e. The van der Waals surface area contributed by atoms with Crippen LogP contribution in [0.5, 0.6) is 0 Å². The lowest BCUT2D eigenvalue weighted by Gasteiger charge is -2.16. The zero-order chi connectivity index (χ0) is 16.2. The molecule has 0 aliphatic carbocycles. The van der Waals surface area contributed by atoms with Crippen LogP contribution < -0.4 is 0 Å². The number of aliphatic hydroxyl groups is 1. The van der Waals surface area contributed by atoms with Gasteiger partial charge in [-0.2, -0.15) is 5.10 Å². The summed E-state index contributed by atoms with van der Waals surface area (Å²) in [5.41, 5.74) is 1.27. The lowest BCUT2D eigenvalue weighted by atomic mass is 9.92. The largest absolute Gasteiger partial charge is 0.462 e. The molecule has 3 rings (SSSR count). The van der Waals surface area contributed by atoms with Crippen molar-refractivity contribution >= 4 is 0 Å². The van der Waals surface area contributed by atoms with Crippen molar-refractivity contribution in [1.29, 1.82) is 0 Å². The molecule has 0 saturated carbocycles. The molecule has 0 aromatic carbocycles. The molecule has 6 nitrogen and oxygen atoms in total. The van der Waals surface area contributed by atoms with Gasteiger partial charge in [-0.1, -0.05) is 0 Å². The van der Waals surface area contributed by atoms with E-state index in [-0.39, 0.29) is 6.61 Å². The highest BCUT2D eigenvalue weighted by Crippen LogP contribution is 2.33. The number of hydrogen-bond donors (Lipinski definition) is 1. The summed E-state index contributed by atoms with van der Waals surface area (Å²) in [6, 6.07) is 3.78. The van der Waals surface area contributed by atoms with Gasteiger partial charge in [0.15, 0.2) is 0 Å². The van der Waals surface area contributed by atoms with Gasteiger partial charge in [0.2, 0.25) is 0 Å². The van der Waals surface area contributed by atoms with Gasteiger partial charge in [0.25, 0.3) is 0 Å². The quantitative estimate of drug-likeness (QED) is 0.842. The summed E-state index contributed by atoms with van der Waals surface area (Å²) in [4.78, 5) is 2.39. The van der Waals surface area contributed by atoms with Crippen molar-refractivity contribution in [1.82, 2.24) is 14.7 Å². The zero-order valence-electron chi connectivity index (χ0n) is 13.8. The van der Waals surface area contributed by atoms with E-state index in [1.165, 1.54) is 5.56 Å². The smallest absolute Gasteiger partial charge is 0.129 e. The Morgan fingerprint density at radius 3 is 2.83 bits per heavy atom. The van der Waals surface area contributed by atoms with Crippen LogP contribution in [0, 0.1) is 5.92 Å². The number of hydrogen-bond acceptors (Lipinski definition) is 5. The average Bonchev–Trinajstić information content (AvgIpc) is 3.25. The van der Waals surface area contributed by atoms with Gasteiger partial charge < -0.3 is 14.3 Å². The lowest BCUT2D eigenvalue weighted by molar-refractivity contribution is 0.107. The highest BCUT2D eigenvalue weighted by atomic mass is 16.5. The molecule has 0 radical (unpaired) electrons. The van der Waals surface area contributed by atoms with Crippen molar-refractivity contribution in [3.05, 3.63) is 41.6 Å². The maximum Gasteiger partial charge on any atom is 0.129 e. The van der Waals surface area contributed by atoms with Crippen molar-refractivity contribution in [2.24, 2.45) is 13.0 Å². The fourth-order valence-corrected chi connectivity index (χ4v) is 3.35. The van der Waals surface area contributed by atoms with Crippen molar-refractivity contribution in [3.8, 4) is 0 Å². The Balaban J connectivity index is 1.68. The van der Waals surface area contributed by atoms with Crippen LogP contribution in [-0.4, -0.2) is 46.1 Å². The molecule has 1 N–H and O–H groups in total. The van der Waals surface area contributed by atoms with E-state index in [0.717, 1.165) is 38.6 Å². The second kappa shape index (κ2) is 7.29. The second-order valence-corrected chi connectivity index (χ2v) is 6.19. The van der Waals surface area contributed by atoms with Crippen molar-refractivity contribution in [2.45, 2.75) is 26.0 Å². The van der Waals surface area contributed by atoms with Crippen molar-refractivity contribution < 1.29 is 14.3 Å². The summed E-state index contributed by atoms with van der Waals surface area (Å²) >= 11 is 0. The van der Waals surface area contributed by atoms with Gasteiger partial charge in [-0.3, -0.25) is 9.58 Å². The summed E-state index contributed by atoms with van der Waals surface area (Å²) in [5.74, 6) is 2.42. The van der Waals surface area contributed by atoms with Gasteiger partial charge in [0, 0.05) is 44.8 Å². The molecule has 0 amide bonds. The van der Waals surface area contributed by atoms with Crippen LogP contribution >= 0.6 is 0 Å². The molecule has 0 bridgehead atoms. The number of aromatic nitrogens is 2. The van der Waals surface area contributed by atoms with Gasteiger partial charge in [-0.05, 0) is 24.6 Å². The molecule has 1 aliphatic heterocycles. The van der Waals surface area contributed by atoms with E-state index in [1.54, 1.807) is 0 Å². The Kier molecular flexibility index (Phi) is 5.15. The Morgan fingerprint density at radius 1 is 1.35 bits per heavy atom. The van der Waals surface area contributed by atoms with Crippen LogP contribution in [0.1, 0.15) is 29.9 Å². The van der Waals surface area contributed by atoms with Crippen molar-refractivity contribution in [2.75, 3.05) is 26.3 Å². The number of likely N-dealkylation sites (tertiary alicyclic amines) is 1. The monoisotopic (exact) mass is 319 g/mol. The highest BCUT2D eigenvalue weighted by molar-refractivity contribution is 5.16. The Labute approximate surface area is 136 Å². The number of nitrogens with zero attached hydrogens (tertiary/aromatic N) is 3. The molecule has 2 atom stereocenters. The highest BCUT2D eigenvalue weighted by Gasteiger charge is 2.34. The van der Waals surface area contributed by atoms with E-state index < -0.39 is 0 Å². The zero-order valence-corrected chi connectivity index (χ0v) is 13.8. The minimum absolute atomic E-state index is 0.0503. The lowest BCUT2D eigenvalue weighted by Crippen LogP contribution is -2.21. The van der Waals surface area contributed by atoms with Gasteiger partial charge in [0.1, 0.15) is 18.1 Å².